The Labute approximate surface area is 128 Å². The van der Waals surface area contributed by atoms with E-state index in [9.17, 15) is 9.59 Å². The van der Waals surface area contributed by atoms with E-state index in [0.29, 0.717) is 13.1 Å². The zero-order valence-electron chi connectivity index (χ0n) is 12.3. The average molecular weight is 299 g/mol. The average Bonchev–Trinajstić information content (AvgIpc) is 3.08. The van der Waals surface area contributed by atoms with Gasteiger partial charge in [0.25, 0.3) is 5.91 Å². The Kier molecular flexibility index (Phi) is 3.96. The van der Waals surface area contributed by atoms with Crippen LogP contribution in [0.1, 0.15) is 28.6 Å². The molecular weight excluding hydrogens is 282 g/mol. The smallest absolute Gasteiger partial charge is 0.374 e. The van der Waals surface area contributed by atoms with Crippen LogP contribution in [0.2, 0.25) is 0 Å². The van der Waals surface area contributed by atoms with Crippen molar-refractivity contribution in [2.24, 2.45) is 0 Å². The molecule has 1 aliphatic rings. The number of hydrogen-bond acceptors (Lipinski definition) is 4. The van der Waals surface area contributed by atoms with Gasteiger partial charge in [0.15, 0.2) is 6.10 Å². The minimum atomic E-state index is -0.831. The molecule has 0 bridgehead atoms. The van der Waals surface area contributed by atoms with Crippen LogP contribution >= 0.6 is 0 Å². The number of ether oxygens (including phenoxy) is 1. The van der Waals surface area contributed by atoms with Gasteiger partial charge in [-0.2, -0.15) is 0 Å². The molecule has 114 valence electrons. The Balaban J connectivity index is 1.63. The van der Waals surface area contributed by atoms with Gasteiger partial charge in [0.05, 0.1) is 6.26 Å². The normalized spacial score (nSPS) is 15.0. The highest BCUT2D eigenvalue weighted by Gasteiger charge is 2.27. The zero-order valence-corrected chi connectivity index (χ0v) is 12.3. The van der Waals surface area contributed by atoms with Gasteiger partial charge in [-0.05, 0) is 36.6 Å². The first-order chi connectivity index (χ1) is 10.6. The highest BCUT2D eigenvalue weighted by molar-refractivity contribution is 5.90. The fourth-order valence-corrected chi connectivity index (χ4v) is 2.60. The molecule has 0 aliphatic carbocycles. The van der Waals surface area contributed by atoms with Crippen molar-refractivity contribution in [3.63, 3.8) is 0 Å². The molecule has 0 saturated carbocycles. The lowest BCUT2D eigenvalue weighted by Gasteiger charge is -2.30. The summed E-state index contributed by atoms with van der Waals surface area (Å²) in [5, 5.41) is 0. The van der Waals surface area contributed by atoms with Crippen molar-refractivity contribution in [1.29, 1.82) is 0 Å². The molecule has 1 aliphatic heterocycles. The molecule has 3 rings (SSSR count). The van der Waals surface area contributed by atoms with Gasteiger partial charge in [-0.25, -0.2) is 4.79 Å². The molecule has 1 aromatic carbocycles. The van der Waals surface area contributed by atoms with E-state index in [1.54, 1.807) is 17.9 Å². The molecule has 2 aromatic rings. The molecule has 0 spiro atoms. The Morgan fingerprint density at radius 3 is 2.68 bits per heavy atom. The predicted octanol–water partition coefficient (Wildman–Crippen LogP) is 2.41. The van der Waals surface area contributed by atoms with Crippen LogP contribution in [0.3, 0.4) is 0 Å². The first kappa shape index (κ1) is 14.4. The summed E-state index contributed by atoms with van der Waals surface area (Å²) in [4.78, 5) is 26.0. The maximum absolute atomic E-state index is 12.4. The quantitative estimate of drug-likeness (QED) is 0.817. The molecule has 1 amide bonds. The fourth-order valence-electron chi connectivity index (χ4n) is 2.60. The zero-order chi connectivity index (χ0) is 15.5. The first-order valence-corrected chi connectivity index (χ1v) is 7.25. The molecule has 0 saturated heterocycles. The highest BCUT2D eigenvalue weighted by atomic mass is 16.6. The van der Waals surface area contributed by atoms with Crippen molar-refractivity contribution in [3.8, 4) is 0 Å². The summed E-state index contributed by atoms with van der Waals surface area (Å²) in [5.41, 5.74) is 2.42. The molecule has 0 N–H and O–H groups in total. The maximum Gasteiger partial charge on any atom is 0.374 e. The van der Waals surface area contributed by atoms with Gasteiger partial charge in [0.2, 0.25) is 5.76 Å². The van der Waals surface area contributed by atoms with Gasteiger partial charge < -0.3 is 14.1 Å². The molecule has 0 unspecified atom stereocenters. The lowest BCUT2D eigenvalue weighted by Crippen LogP contribution is -2.42. The summed E-state index contributed by atoms with van der Waals surface area (Å²) in [6.07, 6.45) is 1.38. The number of amides is 1. The largest absolute Gasteiger partial charge is 0.457 e. The van der Waals surface area contributed by atoms with Gasteiger partial charge in [-0.15, -0.1) is 0 Å². The number of benzene rings is 1. The molecule has 22 heavy (non-hydrogen) atoms. The minimum Gasteiger partial charge on any atom is -0.457 e. The van der Waals surface area contributed by atoms with Crippen LogP contribution in [-0.2, 0) is 22.5 Å². The summed E-state index contributed by atoms with van der Waals surface area (Å²) in [5.74, 6) is -0.707. The fraction of sp³-hybridized carbons (Fsp3) is 0.294. The van der Waals surface area contributed by atoms with Crippen LogP contribution in [0.5, 0.6) is 0 Å². The second-order valence-corrected chi connectivity index (χ2v) is 5.30. The third-order valence-corrected chi connectivity index (χ3v) is 3.80. The van der Waals surface area contributed by atoms with Crippen LogP contribution < -0.4 is 0 Å². The van der Waals surface area contributed by atoms with Crippen LogP contribution in [0.15, 0.2) is 47.1 Å². The molecule has 2 heterocycles. The van der Waals surface area contributed by atoms with E-state index in [1.807, 2.05) is 18.2 Å². The Morgan fingerprint density at radius 1 is 1.18 bits per heavy atom. The van der Waals surface area contributed by atoms with Crippen molar-refractivity contribution in [3.05, 3.63) is 59.5 Å². The van der Waals surface area contributed by atoms with Crippen molar-refractivity contribution in [2.75, 3.05) is 6.54 Å². The number of fused-ring (bicyclic) bond motifs is 1. The molecule has 5 nitrogen and oxygen atoms in total. The topological polar surface area (TPSA) is 59.8 Å². The Bertz CT molecular complexity index is 678. The number of nitrogens with zero attached hydrogens (tertiary/aromatic N) is 1. The number of esters is 1. The van der Waals surface area contributed by atoms with E-state index in [-0.39, 0.29) is 11.7 Å². The number of furan rings is 1. The van der Waals surface area contributed by atoms with Crippen LogP contribution in [0.4, 0.5) is 0 Å². The van der Waals surface area contributed by atoms with E-state index in [4.69, 9.17) is 9.15 Å². The molecule has 0 radical (unpaired) electrons. The van der Waals surface area contributed by atoms with Crippen LogP contribution in [0.25, 0.3) is 0 Å². The van der Waals surface area contributed by atoms with E-state index in [2.05, 4.69) is 6.07 Å². The minimum absolute atomic E-state index is 0.101. The maximum atomic E-state index is 12.4. The summed E-state index contributed by atoms with van der Waals surface area (Å²) < 4.78 is 10.1. The first-order valence-electron chi connectivity index (χ1n) is 7.25. The third-order valence-electron chi connectivity index (χ3n) is 3.80. The number of hydrogen-bond donors (Lipinski definition) is 0. The lowest BCUT2D eigenvalue weighted by molar-refractivity contribution is -0.140. The molecule has 0 fully saturated rings. The van der Waals surface area contributed by atoms with Gasteiger partial charge in [-0.3, -0.25) is 4.79 Å². The second kappa shape index (κ2) is 6.05. The molecule has 1 atom stereocenters. The van der Waals surface area contributed by atoms with E-state index in [0.717, 1.165) is 12.0 Å². The molecule has 1 aromatic heterocycles. The number of rotatable bonds is 3. The van der Waals surface area contributed by atoms with E-state index in [1.165, 1.54) is 17.9 Å². The predicted molar refractivity (Wildman–Crippen MR) is 79.1 cm³/mol. The van der Waals surface area contributed by atoms with Crippen LogP contribution in [0, 0.1) is 0 Å². The number of carbonyl (C=O) groups is 2. The van der Waals surface area contributed by atoms with Crippen molar-refractivity contribution < 1.29 is 18.7 Å². The SMILES string of the molecule is C[C@@H](OC(=O)c1ccco1)C(=O)N1CCc2ccccc2C1. The monoisotopic (exact) mass is 299 g/mol. The van der Waals surface area contributed by atoms with Gasteiger partial charge >= 0.3 is 5.97 Å². The van der Waals surface area contributed by atoms with Gasteiger partial charge in [0.1, 0.15) is 0 Å². The summed E-state index contributed by atoms with van der Waals surface area (Å²) in [7, 11) is 0. The van der Waals surface area contributed by atoms with E-state index >= 15 is 0 Å². The Morgan fingerprint density at radius 2 is 1.95 bits per heavy atom. The third kappa shape index (κ3) is 2.88. The van der Waals surface area contributed by atoms with Crippen molar-refractivity contribution >= 4 is 11.9 Å². The lowest BCUT2D eigenvalue weighted by atomic mass is 9.99. The second-order valence-electron chi connectivity index (χ2n) is 5.30. The van der Waals surface area contributed by atoms with Crippen molar-refractivity contribution in [2.45, 2.75) is 26.0 Å². The standard InChI is InChI=1S/C17H17NO4/c1-12(22-17(20)15-7-4-10-21-15)16(19)18-9-8-13-5-2-3-6-14(13)11-18/h2-7,10,12H,8-9,11H2,1H3/t12-/m1/s1. The summed E-state index contributed by atoms with van der Waals surface area (Å²) in [6.45, 7) is 2.78. The highest BCUT2D eigenvalue weighted by Crippen LogP contribution is 2.19. The van der Waals surface area contributed by atoms with E-state index < -0.39 is 12.1 Å². The van der Waals surface area contributed by atoms with Gasteiger partial charge in [0, 0.05) is 13.1 Å². The number of carbonyl (C=O) groups excluding carboxylic acids is 2. The van der Waals surface area contributed by atoms with Crippen LogP contribution in [-0.4, -0.2) is 29.4 Å². The Hall–Kier alpha value is -2.56. The van der Waals surface area contributed by atoms with Crippen molar-refractivity contribution in [1.82, 2.24) is 4.90 Å². The van der Waals surface area contributed by atoms with Gasteiger partial charge in [-0.1, -0.05) is 24.3 Å². The molecule has 5 heteroatoms. The summed E-state index contributed by atoms with van der Waals surface area (Å²) >= 11 is 0. The molecular formula is C17H17NO4. The summed E-state index contributed by atoms with van der Waals surface area (Å²) in [6, 6.07) is 11.2.